The van der Waals surface area contributed by atoms with Crippen LogP contribution >= 0.6 is 11.3 Å². The van der Waals surface area contributed by atoms with Crippen LogP contribution in [-0.4, -0.2) is 71.5 Å². The van der Waals surface area contributed by atoms with Crippen LogP contribution in [0.25, 0.3) is 20.8 Å². The summed E-state index contributed by atoms with van der Waals surface area (Å²) in [4.78, 5) is 31.7. The van der Waals surface area contributed by atoms with Crippen LogP contribution in [0.2, 0.25) is 0 Å². The number of carbonyl (C=O) groups is 1. The van der Waals surface area contributed by atoms with Crippen molar-refractivity contribution in [3.05, 3.63) is 23.7 Å². The highest BCUT2D eigenvalue weighted by Gasteiger charge is 2.43. The van der Waals surface area contributed by atoms with Crippen LogP contribution in [0.5, 0.6) is 0 Å². The number of pyridine rings is 1. The van der Waals surface area contributed by atoms with E-state index in [9.17, 15) is 15.0 Å². The van der Waals surface area contributed by atoms with E-state index in [-0.39, 0.29) is 5.54 Å². The van der Waals surface area contributed by atoms with Gasteiger partial charge in [0.25, 0.3) is 0 Å². The molecule has 2 fully saturated rings. The number of rotatable bonds is 6. The first-order chi connectivity index (χ1) is 18.7. The van der Waals surface area contributed by atoms with Crippen molar-refractivity contribution in [2.24, 2.45) is 0 Å². The zero-order chi connectivity index (χ0) is 29.0. The molecule has 0 aromatic carbocycles. The number of aliphatic hydroxyl groups is 2. The molecule has 5 rings (SSSR count). The van der Waals surface area contributed by atoms with E-state index in [1.165, 1.54) is 0 Å². The molecule has 6 N–H and O–H groups in total. The van der Waals surface area contributed by atoms with Gasteiger partial charge >= 0.3 is 6.03 Å². The Morgan fingerprint density at radius 3 is 2.35 bits per heavy atom. The van der Waals surface area contributed by atoms with E-state index in [2.05, 4.69) is 26.3 Å². The van der Waals surface area contributed by atoms with Crippen LogP contribution in [-0.2, 0) is 0 Å². The van der Waals surface area contributed by atoms with Crippen molar-refractivity contribution in [3.63, 3.8) is 0 Å². The summed E-state index contributed by atoms with van der Waals surface area (Å²) in [5.74, 6) is 1.42. The molecule has 0 aliphatic heterocycles. The smallest absolute Gasteiger partial charge is 0.315 e. The van der Waals surface area contributed by atoms with Crippen LogP contribution < -0.4 is 21.3 Å². The van der Waals surface area contributed by atoms with Crippen LogP contribution in [0, 0.1) is 6.92 Å². The molecular weight excluding hydrogens is 528 g/mol. The first-order valence-corrected chi connectivity index (χ1v) is 14.6. The van der Waals surface area contributed by atoms with E-state index in [0.29, 0.717) is 24.1 Å². The van der Waals surface area contributed by atoms with Crippen molar-refractivity contribution in [1.82, 2.24) is 30.6 Å². The molecular formula is C28H40N8O3S. The summed E-state index contributed by atoms with van der Waals surface area (Å²) >= 11 is 1.56. The molecule has 12 heteroatoms. The van der Waals surface area contributed by atoms with Gasteiger partial charge in [-0.2, -0.15) is 4.98 Å². The third-order valence-corrected chi connectivity index (χ3v) is 7.94. The third-order valence-electron chi connectivity index (χ3n) is 6.90. The molecule has 2 saturated carbocycles. The van der Waals surface area contributed by atoms with E-state index >= 15 is 0 Å². The Morgan fingerprint density at radius 2 is 1.70 bits per heavy atom. The molecule has 0 saturated heterocycles. The maximum Gasteiger partial charge on any atom is 0.315 e. The number of fused-ring (bicyclic) bond motifs is 1. The van der Waals surface area contributed by atoms with E-state index in [1.807, 2.05) is 60.7 Å². The summed E-state index contributed by atoms with van der Waals surface area (Å²) in [7, 11) is 0. The van der Waals surface area contributed by atoms with Crippen molar-refractivity contribution in [2.75, 3.05) is 10.6 Å². The maximum absolute atomic E-state index is 12.5. The zero-order valence-corrected chi connectivity index (χ0v) is 25.0. The van der Waals surface area contributed by atoms with Crippen LogP contribution in [0.15, 0.2) is 12.3 Å². The Labute approximate surface area is 238 Å². The number of aromatic nitrogens is 4. The second kappa shape index (κ2) is 10.4. The molecule has 0 spiro atoms. The summed E-state index contributed by atoms with van der Waals surface area (Å²) < 4.78 is 1.06. The summed E-state index contributed by atoms with van der Waals surface area (Å²) in [5.41, 5.74) is 2.72. The fourth-order valence-corrected chi connectivity index (χ4v) is 6.07. The molecule has 3 aromatic heterocycles. The van der Waals surface area contributed by atoms with Crippen molar-refractivity contribution < 1.29 is 15.0 Å². The van der Waals surface area contributed by atoms with Gasteiger partial charge in [0.05, 0.1) is 33.7 Å². The lowest BCUT2D eigenvalue weighted by molar-refractivity contribution is 0.0280. The molecule has 0 radical (unpaired) electrons. The average molecular weight is 569 g/mol. The molecule has 2 aliphatic carbocycles. The van der Waals surface area contributed by atoms with E-state index in [0.717, 1.165) is 45.0 Å². The SMILES string of the molecule is Cc1nc(NC(C)(C)C)nc(N[C@@H]2C[C@H](NC(=O)NC(C)(C)C)[C@@H](O)[C@H]2O)c1-c1nc2c(C3CC3)nccc2s1. The van der Waals surface area contributed by atoms with Crippen LogP contribution in [0.4, 0.5) is 16.6 Å². The zero-order valence-electron chi connectivity index (χ0n) is 24.2. The van der Waals surface area contributed by atoms with Gasteiger partial charge in [0.1, 0.15) is 28.6 Å². The van der Waals surface area contributed by atoms with Crippen LogP contribution in [0.1, 0.15) is 78.1 Å². The number of anilines is 2. The number of nitrogens with zero attached hydrogens (tertiary/aromatic N) is 4. The fourth-order valence-electron chi connectivity index (χ4n) is 5.00. The standard InChI is InChI=1S/C28H40N8O3S/c1-13-18(24-33-20-17(40-24)10-11-29-19(20)14-8-9-14)23(34-25(30-13)35-27(2,3)4)31-15-12-16(22(38)21(15)37)32-26(39)36-28(5,6)7/h10-11,14-16,21-22,37-38H,8-9,12H2,1-7H3,(H2,32,36,39)(H2,30,31,34,35)/t15-,16+,21+,22-/m1/s1. The van der Waals surface area contributed by atoms with Crippen molar-refractivity contribution in [3.8, 4) is 10.6 Å². The monoisotopic (exact) mass is 568 g/mol. The molecule has 4 atom stereocenters. The van der Waals surface area contributed by atoms with Gasteiger partial charge in [0, 0.05) is 23.2 Å². The van der Waals surface area contributed by atoms with Gasteiger partial charge in [0.2, 0.25) is 5.95 Å². The first-order valence-electron chi connectivity index (χ1n) is 13.8. The number of aryl methyl sites for hydroxylation is 1. The number of carbonyl (C=O) groups excluding carboxylic acids is 1. The van der Waals surface area contributed by atoms with Gasteiger partial charge in [-0.25, -0.2) is 14.8 Å². The molecule has 3 aromatic rings. The molecule has 216 valence electrons. The Morgan fingerprint density at radius 1 is 1.00 bits per heavy atom. The van der Waals surface area contributed by atoms with Gasteiger partial charge in [0.15, 0.2) is 0 Å². The summed E-state index contributed by atoms with van der Waals surface area (Å²) in [5, 5.41) is 34.9. The number of nitrogens with one attached hydrogen (secondary N) is 4. The number of hydrogen-bond acceptors (Lipinski definition) is 10. The lowest BCUT2D eigenvalue weighted by Gasteiger charge is -2.24. The quantitative estimate of drug-likeness (QED) is 0.259. The van der Waals surface area contributed by atoms with Gasteiger partial charge in [-0.15, -0.1) is 11.3 Å². The number of aliphatic hydroxyl groups excluding tert-OH is 2. The predicted octanol–water partition coefficient (Wildman–Crippen LogP) is 3.92. The minimum absolute atomic E-state index is 0.273. The number of urea groups is 1. The largest absolute Gasteiger partial charge is 0.388 e. The lowest BCUT2D eigenvalue weighted by atomic mass is 10.1. The summed E-state index contributed by atoms with van der Waals surface area (Å²) in [6.45, 7) is 13.7. The van der Waals surface area contributed by atoms with Crippen LogP contribution in [0.3, 0.4) is 0 Å². The highest BCUT2D eigenvalue weighted by molar-refractivity contribution is 7.21. The molecule has 0 unspecified atom stereocenters. The maximum atomic E-state index is 12.5. The average Bonchev–Trinajstić information content (AvgIpc) is 3.52. The van der Waals surface area contributed by atoms with Gasteiger partial charge in [-0.3, -0.25) is 4.98 Å². The topological polar surface area (TPSA) is 157 Å². The van der Waals surface area contributed by atoms with E-state index in [1.54, 1.807) is 11.3 Å². The Balaban J connectivity index is 1.48. The normalized spacial score (nSPS) is 23.3. The molecule has 2 aliphatic rings. The highest BCUT2D eigenvalue weighted by atomic mass is 32.1. The second-order valence-electron chi connectivity index (χ2n) is 13.0. The van der Waals surface area contributed by atoms with Crippen molar-refractivity contribution >= 4 is 39.4 Å². The summed E-state index contributed by atoms with van der Waals surface area (Å²) in [6.07, 6.45) is 2.15. The van der Waals surface area contributed by atoms with Gasteiger partial charge < -0.3 is 31.5 Å². The van der Waals surface area contributed by atoms with Crippen molar-refractivity contribution in [1.29, 1.82) is 0 Å². The number of amides is 2. The second-order valence-corrected chi connectivity index (χ2v) is 14.0. The third kappa shape index (κ3) is 6.29. The molecule has 40 heavy (non-hydrogen) atoms. The Hall–Kier alpha value is -3.09. The minimum Gasteiger partial charge on any atom is -0.388 e. The number of hydrogen-bond donors (Lipinski definition) is 6. The van der Waals surface area contributed by atoms with E-state index < -0.39 is 35.9 Å². The summed E-state index contributed by atoms with van der Waals surface area (Å²) in [6, 6.07) is 0.387. The van der Waals surface area contributed by atoms with Gasteiger partial charge in [-0.05, 0) is 73.8 Å². The Bertz CT molecular complexity index is 1410. The van der Waals surface area contributed by atoms with E-state index in [4.69, 9.17) is 15.0 Å². The fraction of sp³-hybridized carbons (Fsp3) is 0.607. The molecule has 0 bridgehead atoms. The number of thiazole rings is 1. The Kier molecular flexibility index (Phi) is 7.38. The van der Waals surface area contributed by atoms with Crippen molar-refractivity contribution in [2.45, 2.75) is 109 Å². The highest BCUT2D eigenvalue weighted by Crippen LogP contribution is 2.44. The first kappa shape index (κ1) is 28.4. The lowest BCUT2D eigenvalue weighted by Crippen LogP contribution is -2.52. The molecule has 2 amide bonds. The molecule has 3 heterocycles. The predicted molar refractivity (Wildman–Crippen MR) is 158 cm³/mol. The van der Waals surface area contributed by atoms with Gasteiger partial charge in [-0.1, -0.05) is 0 Å². The molecule has 11 nitrogen and oxygen atoms in total. The minimum atomic E-state index is -1.14.